The van der Waals surface area contributed by atoms with Gasteiger partial charge in [-0.15, -0.1) is 0 Å². The third kappa shape index (κ3) is 3.23. The Labute approximate surface area is 147 Å². The maximum absolute atomic E-state index is 9.11. The smallest absolute Gasteiger partial charge is 0.156 e. The van der Waals surface area contributed by atoms with E-state index in [2.05, 4.69) is 38.0 Å². The maximum Gasteiger partial charge on any atom is 0.156 e. The van der Waals surface area contributed by atoms with Gasteiger partial charge in [-0.3, -0.25) is 4.90 Å². The first-order valence-corrected chi connectivity index (χ1v) is 8.75. The van der Waals surface area contributed by atoms with Crippen molar-refractivity contribution in [2.45, 2.75) is 6.92 Å². The number of nitrogens with zero attached hydrogens (tertiary/aromatic N) is 4. The number of fused-ring (bicyclic) bond motifs is 1. The molecule has 0 aliphatic carbocycles. The van der Waals surface area contributed by atoms with Crippen LogP contribution in [0.3, 0.4) is 0 Å². The van der Waals surface area contributed by atoms with Crippen LogP contribution < -0.4 is 4.90 Å². The van der Waals surface area contributed by atoms with Crippen molar-refractivity contribution in [1.29, 1.82) is 0 Å². The summed E-state index contributed by atoms with van der Waals surface area (Å²) in [5.74, 6) is 1.77. The lowest BCUT2D eigenvalue weighted by atomic mass is 10.2. The van der Waals surface area contributed by atoms with E-state index in [-0.39, 0.29) is 6.61 Å². The average molecular weight is 337 g/mol. The number of aliphatic hydroxyl groups is 1. The molecule has 1 aliphatic heterocycles. The van der Waals surface area contributed by atoms with Gasteiger partial charge in [0.2, 0.25) is 0 Å². The molecule has 25 heavy (non-hydrogen) atoms. The Hall–Kier alpha value is -2.44. The number of nitrogens with one attached hydrogen (secondary N) is 1. The number of benzene rings is 1. The Balaban J connectivity index is 1.68. The van der Waals surface area contributed by atoms with Crippen LogP contribution in [0.25, 0.3) is 22.3 Å². The molecule has 4 rings (SSSR count). The van der Waals surface area contributed by atoms with Gasteiger partial charge in [0.1, 0.15) is 11.3 Å². The molecule has 0 atom stereocenters. The number of rotatable bonds is 4. The second kappa shape index (κ2) is 6.82. The van der Waals surface area contributed by atoms with E-state index in [0.29, 0.717) is 0 Å². The SMILES string of the molecule is Cc1nc(N2CCN(CCO)CC2)c2[nH]c(-c3ccccc3)cc2n1. The first kappa shape index (κ1) is 16.1. The molecule has 6 heteroatoms. The molecular formula is C19H23N5O. The zero-order chi connectivity index (χ0) is 17.2. The van der Waals surface area contributed by atoms with E-state index in [9.17, 15) is 0 Å². The van der Waals surface area contributed by atoms with E-state index in [1.807, 2.05) is 25.1 Å². The molecule has 130 valence electrons. The topological polar surface area (TPSA) is 68.3 Å². The molecule has 1 saturated heterocycles. The number of aromatic nitrogens is 3. The third-order valence-corrected chi connectivity index (χ3v) is 4.74. The van der Waals surface area contributed by atoms with Gasteiger partial charge >= 0.3 is 0 Å². The predicted octanol–water partition coefficient (Wildman–Crippen LogP) is 2.05. The second-order valence-corrected chi connectivity index (χ2v) is 6.46. The minimum Gasteiger partial charge on any atom is -0.395 e. The normalized spacial score (nSPS) is 15.8. The van der Waals surface area contributed by atoms with E-state index >= 15 is 0 Å². The average Bonchev–Trinajstić information content (AvgIpc) is 3.07. The first-order valence-electron chi connectivity index (χ1n) is 8.75. The predicted molar refractivity (Wildman–Crippen MR) is 99.8 cm³/mol. The number of aromatic amines is 1. The molecule has 3 aromatic rings. The van der Waals surface area contributed by atoms with E-state index in [0.717, 1.165) is 66.7 Å². The lowest BCUT2D eigenvalue weighted by Crippen LogP contribution is -2.47. The molecule has 3 heterocycles. The molecule has 0 amide bonds. The summed E-state index contributed by atoms with van der Waals surface area (Å²) in [4.78, 5) is 17.4. The van der Waals surface area contributed by atoms with Gasteiger partial charge in [-0.2, -0.15) is 0 Å². The van der Waals surface area contributed by atoms with E-state index in [1.165, 1.54) is 0 Å². The van der Waals surface area contributed by atoms with Crippen molar-refractivity contribution in [1.82, 2.24) is 19.9 Å². The van der Waals surface area contributed by atoms with Crippen molar-refractivity contribution in [3.05, 3.63) is 42.2 Å². The summed E-state index contributed by atoms with van der Waals surface area (Å²) in [7, 11) is 0. The van der Waals surface area contributed by atoms with Gasteiger partial charge < -0.3 is 15.0 Å². The molecule has 0 radical (unpaired) electrons. The Morgan fingerprint density at radius 2 is 1.84 bits per heavy atom. The molecule has 6 nitrogen and oxygen atoms in total. The van der Waals surface area contributed by atoms with Crippen LogP contribution in [0.4, 0.5) is 5.82 Å². The highest BCUT2D eigenvalue weighted by Gasteiger charge is 2.21. The fourth-order valence-corrected chi connectivity index (χ4v) is 3.44. The number of piperazine rings is 1. The summed E-state index contributed by atoms with van der Waals surface area (Å²) in [5, 5.41) is 9.11. The van der Waals surface area contributed by atoms with Crippen molar-refractivity contribution in [3.63, 3.8) is 0 Å². The quantitative estimate of drug-likeness (QED) is 0.763. The van der Waals surface area contributed by atoms with E-state index in [4.69, 9.17) is 10.1 Å². The monoisotopic (exact) mass is 337 g/mol. The minimum atomic E-state index is 0.216. The second-order valence-electron chi connectivity index (χ2n) is 6.46. The van der Waals surface area contributed by atoms with Gasteiger partial charge in [0.15, 0.2) is 5.82 Å². The van der Waals surface area contributed by atoms with Crippen molar-refractivity contribution in [2.24, 2.45) is 0 Å². The van der Waals surface area contributed by atoms with Gasteiger partial charge in [-0.05, 0) is 18.6 Å². The summed E-state index contributed by atoms with van der Waals surface area (Å²) in [6.45, 7) is 6.60. The number of H-pyrrole nitrogens is 1. The maximum atomic E-state index is 9.11. The molecule has 0 bridgehead atoms. The van der Waals surface area contributed by atoms with Crippen LogP contribution in [0.15, 0.2) is 36.4 Å². The van der Waals surface area contributed by atoms with Crippen LogP contribution >= 0.6 is 0 Å². The van der Waals surface area contributed by atoms with Gasteiger partial charge in [-0.1, -0.05) is 30.3 Å². The largest absolute Gasteiger partial charge is 0.395 e. The summed E-state index contributed by atoms with van der Waals surface area (Å²) in [6.07, 6.45) is 0. The zero-order valence-corrected chi connectivity index (χ0v) is 14.4. The van der Waals surface area contributed by atoms with Crippen molar-refractivity contribution < 1.29 is 5.11 Å². The van der Waals surface area contributed by atoms with Crippen molar-refractivity contribution in [3.8, 4) is 11.3 Å². The van der Waals surface area contributed by atoms with Gasteiger partial charge in [0, 0.05) is 38.4 Å². The Morgan fingerprint density at radius 3 is 2.56 bits per heavy atom. The Morgan fingerprint density at radius 1 is 1.08 bits per heavy atom. The molecule has 2 N–H and O–H groups in total. The number of aliphatic hydroxyl groups excluding tert-OH is 1. The number of anilines is 1. The van der Waals surface area contributed by atoms with Crippen LogP contribution in [0.5, 0.6) is 0 Å². The van der Waals surface area contributed by atoms with Crippen LogP contribution in [-0.2, 0) is 0 Å². The fourth-order valence-electron chi connectivity index (χ4n) is 3.44. The summed E-state index contributed by atoms with van der Waals surface area (Å²) in [6, 6.07) is 12.4. The number of hydrogen-bond donors (Lipinski definition) is 2. The van der Waals surface area contributed by atoms with Crippen LogP contribution in [0.1, 0.15) is 5.82 Å². The van der Waals surface area contributed by atoms with Crippen LogP contribution in [0, 0.1) is 6.92 Å². The number of β-amino-alcohol motifs (C(OH)–C–C–N with tert-alkyl or cyclic N) is 1. The Bertz CT molecular complexity index is 853. The highest BCUT2D eigenvalue weighted by atomic mass is 16.3. The molecule has 1 aromatic carbocycles. The molecule has 0 unspecified atom stereocenters. The zero-order valence-electron chi connectivity index (χ0n) is 14.4. The highest BCUT2D eigenvalue weighted by Crippen LogP contribution is 2.29. The number of hydrogen-bond acceptors (Lipinski definition) is 5. The third-order valence-electron chi connectivity index (χ3n) is 4.74. The fraction of sp³-hybridized carbons (Fsp3) is 0.368. The lowest BCUT2D eigenvalue weighted by molar-refractivity contribution is 0.188. The van der Waals surface area contributed by atoms with Crippen LogP contribution in [0.2, 0.25) is 0 Å². The Kier molecular flexibility index (Phi) is 4.38. The minimum absolute atomic E-state index is 0.216. The van der Waals surface area contributed by atoms with Gasteiger partial charge in [0.05, 0.1) is 12.1 Å². The molecular weight excluding hydrogens is 314 g/mol. The number of aryl methyl sites for hydroxylation is 1. The lowest BCUT2D eigenvalue weighted by Gasteiger charge is -2.35. The first-order chi connectivity index (χ1) is 12.2. The van der Waals surface area contributed by atoms with Crippen molar-refractivity contribution in [2.75, 3.05) is 44.2 Å². The highest BCUT2D eigenvalue weighted by molar-refractivity contribution is 5.90. The molecule has 1 fully saturated rings. The van der Waals surface area contributed by atoms with E-state index in [1.54, 1.807) is 0 Å². The molecule has 0 saturated carbocycles. The molecule has 2 aromatic heterocycles. The van der Waals surface area contributed by atoms with Crippen molar-refractivity contribution >= 4 is 16.9 Å². The van der Waals surface area contributed by atoms with E-state index < -0.39 is 0 Å². The summed E-state index contributed by atoms with van der Waals surface area (Å²) in [5.41, 5.74) is 4.17. The van der Waals surface area contributed by atoms with Gasteiger partial charge in [-0.25, -0.2) is 9.97 Å². The molecule has 1 aliphatic rings. The van der Waals surface area contributed by atoms with Crippen LogP contribution in [-0.4, -0.2) is 64.3 Å². The summed E-state index contributed by atoms with van der Waals surface area (Å²) >= 11 is 0. The summed E-state index contributed by atoms with van der Waals surface area (Å²) < 4.78 is 0. The standard InChI is InChI=1S/C19H23N5O/c1-14-20-17-13-16(15-5-3-2-4-6-15)22-18(17)19(21-14)24-9-7-23(8-10-24)11-12-25/h2-6,13,22,25H,7-12H2,1H3. The molecule has 0 spiro atoms. The van der Waals surface area contributed by atoms with Gasteiger partial charge in [0.25, 0.3) is 0 Å².